The number of amides is 1. The van der Waals surface area contributed by atoms with Crippen LogP contribution >= 0.6 is 23.4 Å². The van der Waals surface area contributed by atoms with E-state index in [2.05, 4.69) is 30.2 Å². The molecule has 0 bridgehead atoms. The Bertz CT molecular complexity index is 1070. The molecule has 0 aliphatic rings. The number of carbonyl (C=O) groups is 1. The van der Waals surface area contributed by atoms with Crippen molar-refractivity contribution in [1.29, 1.82) is 0 Å². The molecular weight excluding hydrogens is 402 g/mol. The van der Waals surface area contributed by atoms with Gasteiger partial charge < -0.3 is 5.32 Å². The molecule has 1 unspecified atom stereocenters. The highest BCUT2D eigenvalue weighted by Gasteiger charge is 2.20. The van der Waals surface area contributed by atoms with E-state index in [9.17, 15) is 9.59 Å². The minimum atomic E-state index is -0.587. The molecular formula is C17H16ClN7O2S. The third kappa shape index (κ3) is 4.18. The molecule has 0 saturated carbocycles. The zero-order chi connectivity index (χ0) is 20.3. The summed E-state index contributed by atoms with van der Waals surface area (Å²) in [5, 5.41) is 3.34. The van der Waals surface area contributed by atoms with Gasteiger partial charge in [-0.05, 0) is 19.2 Å². The first-order valence-corrected chi connectivity index (χ1v) is 9.72. The molecule has 3 rings (SSSR count). The first kappa shape index (κ1) is 19.9. The van der Waals surface area contributed by atoms with E-state index >= 15 is 0 Å². The van der Waals surface area contributed by atoms with Crippen molar-refractivity contribution in [1.82, 2.24) is 34.8 Å². The number of carbonyl (C=O) groups excluding carboxylic acids is 1. The lowest BCUT2D eigenvalue weighted by atomic mass is 10.2. The SMILES string of the molecule is CSc1ncc(Cl)c(C(=O)NC(C)c2nc(-c3ccncn3)cc(=O)n2C)n1. The lowest BCUT2D eigenvalue weighted by Gasteiger charge is -2.17. The predicted molar refractivity (Wildman–Crippen MR) is 105 cm³/mol. The number of halogens is 1. The maximum Gasteiger partial charge on any atom is 0.272 e. The molecule has 3 heterocycles. The van der Waals surface area contributed by atoms with E-state index in [-0.39, 0.29) is 16.3 Å². The van der Waals surface area contributed by atoms with Crippen LogP contribution in [0.2, 0.25) is 5.02 Å². The Hall–Kier alpha value is -2.85. The van der Waals surface area contributed by atoms with Crippen molar-refractivity contribution in [3.05, 3.63) is 57.7 Å². The van der Waals surface area contributed by atoms with Crippen LogP contribution in [-0.2, 0) is 7.05 Å². The molecule has 9 nitrogen and oxygen atoms in total. The molecule has 1 atom stereocenters. The summed E-state index contributed by atoms with van der Waals surface area (Å²) < 4.78 is 1.37. The van der Waals surface area contributed by atoms with Crippen molar-refractivity contribution >= 4 is 29.3 Å². The van der Waals surface area contributed by atoms with Crippen LogP contribution in [0, 0.1) is 0 Å². The van der Waals surface area contributed by atoms with E-state index in [4.69, 9.17) is 11.6 Å². The molecule has 0 radical (unpaired) electrons. The number of nitrogens with one attached hydrogen (secondary N) is 1. The van der Waals surface area contributed by atoms with Crippen LogP contribution in [0.1, 0.15) is 29.3 Å². The van der Waals surface area contributed by atoms with Gasteiger partial charge >= 0.3 is 0 Å². The van der Waals surface area contributed by atoms with Gasteiger partial charge in [-0.25, -0.2) is 24.9 Å². The fraction of sp³-hybridized carbons (Fsp3) is 0.235. The lowest BCUT2D eigenvalue weighted by molar-refractivity contribution is 0.0931. The van der Waals surface area contributed by atoms with Crippen molar-refractivity contribution in [2.45, 2.75) is 18.1 Å². The zero-order valence-electron chi connectivity index (χ0n) is 15.3. The smallest absolute Gasteiger partial charge is 0.272 e. The van der Waals surface area contributed by atoms with E-state index in [1.165, 1.54) is 34.9 Å². The quantitative estimate of drug-likeness (QED) is 0.494. The Morgan fingerprint density at radius 1 is 1.29 bits per heavy atom. The molecule has 0 saturated heterocycles. The average molecular weight is 418 g/mol. The predicted octanol–water partition coefficient (Wildman–Crippen LogP) is 1.89. The number of hydrogen-bond acceptors (Lipinski definition) is 8. The fourth-order valence-corrected chi connectivity index (χ4v) is 2.97. The standard InChI is InChI=1S/C17H16ClN7O2S/c1-9(22-16(27)14-10(18)7-20-17(24-14)28-3)15-23-12(6-13(26)25(15)2)11-4-5-19-8-21-11/h4-9H,1-3H3,(H,22,27). The van der Waals surface area contributed by atoms with Gasteiger partial charge in [0, 0.05) is 19.3 Å². The summed E-state index contributed by atoms with van der Waals surface area (Å²) in [5.74, 6) is -0.124. The maximum absolute atomic E-state index is 12.6. The first-order chi connectivity index (χ1) is 13.4. The van der Waals surface area contributed by atoms with E-state index in [1.54, 1.807) is 32.5 Å². The molecule has 11 heteroatoms. The highest BCUT2D eigenvalue weighted by Crippen LogP contribution is 2.19. The van der Waals surface area contributed by atoms with Crippen molar-refractivity contribution in [3.8, 4) is 11.4 Å². The van der Waals surface area contributed by atoms with Gasteiger partial charge in [-0.2, -0.15) is 0 Å². The Labute approximate surface area is 169 Å². The van der Waals surface area contributed by atoms with Gasteiger partial charge in [0.2, 0.25) is 0 Å². The summed E-state index contributed by atoms with van der Waals surface area (Å²) in [5.41, 5.74) is 0.691. The minimum absolute atomic E-state index is 0.0600. The monoisotopic (exact) mass is 417 g/mol. The summed E-state index contributed by atoms with van der Waals surface area (Å²) in [4.78, 5) is 45.6. The summed E-state index contributed by atoms with van der Waals surface area (Å²) >= 11 is 7.36. The number of hydrogen-bond donors (Lipinski definition) is 1. The molecule has 0 aliphatic heterocycles. The Morgan fingerprint density at radius 3 is 2.75 bits per heavy atom. The molecule has 0 fully saturated rings. The Morgan fingerprint density at radius 2 is 2.07 bits per heavy atom. The number of aromatic nitrogens is 6. The van der Waals surface area contributed by atoms with Crippen molar-refractivity contribution in [2.75, 3.05) is 6.26 Å². The summed E-state index contributed by atoms with van der Waals surface area (Å²) in [6, 6.07) is 2.45. The molecule has 3 aromatic rings. The van der Waals surface area contributed by atoms with Gasteiger partial charge in [-0.1, -0.05) is 23.4 Å². The van der Waals surface area contributed by atoms with Gasteiger partial charge in [-0.3, -0.25) is 14.2 Å². The Balaban J connectivity index is 1.92. The number of nitrogens with zero attached hydrogens (tertiary/aromatic N) is 6. The van der Waals surface area contributed by atoms with Crippen LogP contribution < -0.4 is 10.9 Å². The third-order valence-electron chi connectivity index (χ3n) is 3.87. The van der Waals surface area contributed by atoms with Crippen LogP contribution in [0.3, 0.4) is 0 Å². The second-order valence-corrected chi connectivity index (χ2v) is 6.92. The van der Waals surface area contributed by atoms with Crippen LogP contribution in [0.25, 0.3) is 11.4 Å². The molecule has 28 heavy (non-hydrogen) atoms. The molecule has 0 aliphatic carbocycles. The summed E-state index contributed by atoms with van der Waals surface area (Å²) in [6.45, 7) is 1.72. The van der Waals surface area contributed by atoms with Crippen LogP contribution in [-0.4, -0.2) is 41.6 Å². The van der Waals surface area contributed by atoms with Crippen molar-refractivity contribution in [2.24, 2.45) is 7.05 Å². The fourth-order valence-electron chi connectivity index (χ4n) is 2.46. The molecule has 0 aromatic carbocycles. The van der Waals surface area contributed by atoms with Crippen LogP contribution in [0.5, 0.6) is 0 Å². The van der Waals surface area contributed by atoms with E-state index in [0.717, 1.165) is 0 Å². The second-order valence-electron chi connectivity index (χ2n) is 5.74. The second kappa shape index (κ2) is 8.44. The van der Waals surface area contributed by atoms with E-state index in [0.29, 0.717) is 22.4 Å². The number of rotatable bonds is 5. The molecule has 1 N–H and O–H groups in total. The molecule has 144 valence electrons. The average Bonchev–Trinajstić information content (AvgIpc) is 2.70. The molecule has 1 amide bonds. The maximum atomic E-state index is 12.6. The highest BCUT2D eigenvalue weighted by atomic mass is 35.5. The number of thioether (sulfide) groups is 1. The first-order valence-electron chi connectivity index (χ1n) is 8.12. The van der Waals surface area contributed by atoms with E-state index < -0.39 is 11.9 Å². The van der Waals surface area contributed by atoms with Gasteiger partial charge in [0.1, 0.15) is 12.2 Å². The van der Waals surface area contributed by atoms with E-state index in [1.807, 2.05) is 0 Å². The van der Waals surface area contributed by atoms with Crippen molar-refractivity contribution < 1.29 is 4.79 Å². The van der Waals surface area contributed by atoms with Gasteiger partial charge in [-0.15, -0.1) is 0 Å². The minimum Gasteiger partial charge on any atom is -0.341 e. The summed E-state index contributed by atoms with van der Waals surface area (Å²) in [7, 11) is 1.58. The van der Waals surface area contributed by atoms with Gasteiger partial charge in [0.05, 0.1) is 28.6 Å². The van der Waals surface area contributed by atoms with Gasteiger partial charge in [0.25, 0.3) is 11.5 Å². The molecule has 0 spiro atoms. The van der Waals surface area contributed by atoms with Gasteiger partial charge in [0.15, 0.2) is 10.9 Å². The third-order valence-corrected chi connectivity index (χ3v) is 4.71. The highest BCUT2D eigenvalue weighted by molar-refractivity contribution is 7.98. The van der Waals surface area contributed by atoms with Crippen LogP contribution in [0.15, 0.2) is 40.8 Å². The normalized spacial score (nSPS) is 11.9. The lowest BCUT2D eigenvalue weighted by Crippen LogP contribution is -2.33. The largest absolute Gasteiger partial charge is 0.341 e. The van der Waals surface area contributed by atoms with Crippen LogP contribution in [0.4, 0.5) is 0 Å². The zero-order valence-corrected chi connectivity index (χ0v) is 16.8. The molecule has 3 aromatic heterocycles. The van der Waals surface area contributed by atoms with Crippen molar-refractivity contribution in [3.63, 3.8) is 0 Å². The topological polar surface area (TPSA) is 116 Å². The Kier molecular flexibility index (Phi) is 6.00. The summed E-state index contributed by atoms with van der Waals surface area (Å²) in [6.07, 6.45) is 6.11.